The van der Waals surface area contributed by atoms with E-state index in [2.05, 4.69) is 26.3 Å². The summed E-state index contributed by atoms with van der Waals surface area (Å²) >= 11 is 0. The lowest BCUT2D eigenvalue weighted by Gasteiger charge is -2.19. The topological polar surface area (TPSA) is 47.6 Å². The van der Waals surface area contributed by atoms with Gasteiger partial charge >= 0.3 is 0 Å². The van der Waals surface area contributed by atoms with Gasteiger partial charge in [-0.2, -0.15) is 0 Å². The van der Waals surface area contributed by atoms with Crippen LogP contribution in [0.25, 0.3) is 0 Å². The van der Waals surface area contributed by atoms with Crippen molar-refractivity contribution in [3.63, 3.8) is 0 Å². The lowest BCUT2D eigenvalue weighted by atomic mass is 9.87. The van der Waals surface area contributed by atoms with Crippen molar-refractivity contribution in [1.82, 2.24) is 5.48 Å². The fourth-order valence-corrected chi connectivity index (χ4v) is 2.00. The molecule has 0 aromatic heterocycles. The molecule has 0 fully saturated rings. The van der Waals surface area contributed by atoms with Crippen LogP contribution in [0.15, 0.2) is 54.6 Å². The summed E-state index contributed by atoms with van der Waals surface area (Å²) in [6.45, 7) is 6.71. The monoisotopic (exact) mass is 313 g/mol. The van der Waals surface area contributed by atoms with Crippen molar-refractivity contribution < 1.29 is 14.4 Å². The van der Waals surface area contributed by atoms with Crippen molar-refractivity contribution in [3.05, 3.63) is 65.7 Å². The molecule has 0 radical (unpaired) electrons. The Hall–Kier alpha value is -2.33. The van der Waals surface area contributed by atoms with Crippen LogP contribution in [0.1, 0.15) is 31.9 Å². The largest absolute Gasteiger partial charge is 0.484 e. The first-order valence-electron chi connectivity index (χ1n) is 7.63. The number of carbonyl (C=O) groups is 1. The summed E-state index contributed by atoms with van der Waals surface area (Å²) in [4.78, 5) is 16.8. The highest BCUT2D eigenvalue weighted by molar-refractivity contribution is 5.76. The Bertz CT molecular complexity index is 615. The summed E-state index contributed by atoms with van der Waals surface area (Å²) < 4.78 is 5.45. The summed E-state index contributed by atoms with van der Waals surface area (Å²) in [5.74, 6) is 0.344. The van der Waals surface area contributed by atoms with E-state index in [0.29, 0.717) is 12.4 Å². The van der Waals surface area contributed by atoms with Crippen LogP contribution in [0.3, 0.4) is 0 Å². The van der Waals surface area contributed by atoms with Crippen LogP contribution in [0, 0.1) is 0 Å². The molecule has 0 heterocycles. The highest BCUT2D eigenvalue weighted by Crippen LogP contribution is 2.24. The van der Waals surface area contributed by atoms with E-state index in [4.69, 9.17) is 9.57 Å². The summed E-state index contributed by atoms with van der Waals surface area (Å²) in [5, 5.41) is 0. The molecule has 0 saturated heterocycles. The molecule has 4 nitrogen and oxygen atoms in total. The Kier molecular flexibility index (Phi) is 5.77. The maximum atomic E-state index is 11.7. The van der Waals surface area contributed by atoms with Gasteiger partial charge < -0.3 is 4.74 Å². The van der Waals surface area contributed by atoms with Gasteiger partial charge in [-0.3, -0.25) is 9.63 Å². The first-order valence-corrected chi connectivity index (χ1v) is 7.63. The molecule has 2 aromatic rings. The molecule has 0 spiro atoms. The Morgan fingerprint density at radius 3 is 2.26 bits per heavy atom. The summed E-state index contributed by atoms with van der Waals surface area (Å²) in [6.07, 6.45) is 0. The van der Waals surface area contributed by atoms with E-state index in [-0.39, 0.29) is 17.9 Å². The number of ether oxygens (including phenoxy) is 1. The number of hydrogen-bond donors (Lipinski definition) is 1. The molecular weight excluding hydrogens is 290 g/mol. The van der Waals surface area contributed by atoms with Gasteiger partial charge in [0, 0.05) is 0 Å². The van der Waals surface area contributed by atoms with E-state index in [1.807, 2.05) is 54.6 Å². The van der Waals surface area contributed by atoms with E-state index in [0.717, 1.165) is 5.56 Å². The van der Waals surface area contributed by atoms with Crippen molar-refractivity contribution >= 4 is 5.91 Å². The van der Waals surface area contributed by atoms with Crippen molar-refractivity contribution in [2.45, 2.75) is 32.8 Å². The molecule has 1 N–H and O–H groups in total. The molecule has 0 unspecified atom stereocenters. The van der Waals surface area contributed by atoms with E-state index in [1.54, 1.807) is 0 Å². The Morgan fingerprint density at radius 1 is 1.00 bits per heavy atom. The van der Waals surface area contributed by atoms with Crippen LogP contribution >= 0.6 is 0 Å². The number of rotatable bonds is 6. The van der Waals surface area contributed by atoms with Gasteiger partial charge in [0.2, 0.25) is 0 Å². The van der Waals surface area contributed by atoms with Crippen molar-refractivity contribution in [3.8, 4) is 5.75 Å². The predicted octanol–water partition coefficient (Wildman–Crippen LogP) is 3.61. The van der Waals surface area contributed by atoms with E-state index in [9.17, 15) is 4.79 Å². The lowest BCUT2D eigenvalue weighted by molar-refractivity contribution is -0.136. The molecule has 0 saturated carbocycles. The number of carbonyl (C=O) groups excluding carboxylic acids is 1. The second-order valence-corrected chi connectivity index (χ2v) is 6.36. The number of nitrogens with one attached hydrogen (secondary N) is 1. The zero-order valence-electron chi connectivity index (χ0n) is 13.8. The zero-order valence-corrected chi connectivity index (χ0v) is 13.8. The second kappa shape index (κ2) is 7.79. The van der Waals surface area contributed by atoms with Gasteiger partial charge in [0.05, 0.1) is 6.61 Å². The summed E-state index contributed by atoms with van der Waals surface area (Å²) in [6, 6.07) is 17.4. The molecular formula is C19H23NO3. The van der Waals surface area contributed by atoms with Gasteiger partial charge in [0.25, 0.3) is 5.91 Å². The highest BCUT2D eigenvalue weighted by Gasteiger charge is 2.13. The molecule has 1 amide bonds. The maximum absolute atomic E-state index is 11.7. The first kappa shape index (κ1) is 17.0. The smallest absolute Gasteiger partial charge is 0.281 e. The van der Waals surface area contributed by atoms with Gasteiger partial charge in [0.1, 0.15) is 5.75 Å². The SMILES string of the molecule is CC(C)(C)c1ccc(OCC(=O)NOCc2ccccc2)cc1. The minimum Gasteiger partial charge on any atom is -0.484 e. The third kappa shape index (κ3) is 5.75. The quantitative estimate of drug-likeness (QED) is 0.829. The molecule has 0 aliphatic carbocycles. The zero-order chi connectivity index (χ0) is 16.7. The summed E-state index contributed by atoms with van der Waals surface area (Å²) in [7, 11) is 0. The highest BCUT2D eigenvalue weighted by atomic mass is 16.7. The van der Waals surface area contributed by atoms with E-state index >= 15 is 0 Å². The van der Waals surface area contributed by atoms with Gasteiger partial charge in [0.15, 0.2) is 6.61 Å². The fraction of sp³-hybridized carbons (Fsp3) is 0.316. The Balaban J connectivity index is 1.72. The van der Waals surface area contributed by atoms with Crippen LogP contribution in [0.4, 0.5) is 0 Å². The molecule has 122 valence electrons. The average Bonchev–Trinajstić information content (AvgIpc) is 2.53. The van der Waals surface area contributed by atoms with Crippen LogP contribution in [0.5, 0.6) is 5.75 Å². The third-order valence-electron chi connectivity index (χ3n) is 3.36. The normalized spacial score (nSPS) is 11.1. The first-order chi connectivity index (χ1) is 10.9. The number of amides is 1. The van der Waals surface area contributed by atoms with E-state index < -0.39 is 0 Å². The van der Waals surface area contributed by atoms with Crippen LogP contribution < -0.4 is 10.2 Å². The molecule has 0 atom stereocenters. The van der Waals surface area contributed by atoms with E-state index in [1.165, 1.54) is 5.56 Å². The fourth-order valence-electron chi connectivity index (χ4n) is 2.00. The third-order valence-corrected chi connectivity index (χ3v) is 3.36. The number of hydrogen-bond acceptors (Lipinski definition) is 3. The minimum atomic E-state index is -0.319. The molecule has 0 aliphatic rings. The molecule has 0 aliphatic heterocycles. The molecule has 0 bridgehead atoms. The summed E-state index contributed by atoms with van der Waals surface area (Å²) in [5.41, 5.74) is 4.69. The van der Waals surface area contributed by atoms with Gasteiger partial charge in [-0.05, 0) is 28.7 Å². The van der Waals surface area contributed by atoms with Crippen molar-refractivity contribution in [2.75, 3.05) is 6.61 Å². The average molecular weight is 313 g/mol. The Morgan fingerprint density at radius 2 is 1.65 bits per heavy atom. The Labute approximate surface area is 137 Å². The molecule has 4 heteroatoms. The number of hydroxylamine groups is 1. The van der Waals surface area contributed by atoms with Crippen LogP contribution in [-0.4, -0.2) is 12.5 Å². The standard InChI is InChI=1S/C19H23NO3/c1-19(2,3)16-9-11-17(12-10-16)22-14-18(21)20-23-13-15-7-5-4-6-8-15/h4-12H,13-14H2,1-3H3,(H,20,21). The molecule has 2 rings (SSSR count). The molecule has 23 heavy (non-hydrogen) atoms. The minimum absolute atomic E-state index is 0.0797. The predicted molar refractivity (Wildman–Crippen MR) is 90.0 cm³/mol. The maximum Gasteiger partial charge on any atom is 0.281 e. The van der Waals surface area contributed by atoms with Crippen LogP contribution in [-0.2, 0) is 21.7 Å². The second-order valence-electron chi connectivity index (χ2n) is 6.36. The number of benzene rings is 2. The van der Waals surface area contributed by atoms with Crippen molar-refractivity contribution in [1.29, 1.82) is 0 Å². The van der Waals surface area contributed by atoms with Gasteiger partial charge in [-0.25, -0.2) is 5.48 Å². The van der Waals surface area contributed by atoms with Crippen LogP contribution in [0.2, 0.25) is 0 Å². The molecule has 2 aromatic carbocycles. The lowest BCUT2D eigenvalue weighted by Crippen LogP contribution is -2.28. The van der Waals surface area contributed by atoms with Crippen molar-refractivity contribution in [2.24, 2.45) is 0 Å². The van der Waals surface area contributed by atoms with Gasteiger partial charge in [-0.1, -0.05) is 63.2 Å². The van der Waals surface area contributed by atoms with Gasteiger partial charge in [-0.15, -0.1) is 0 Å².